The van der Waals surface area contributed by atoms with Gasteiger partial charge in [-0.3, -0.25) is 4.79 Å². The lowest BCUT2D eigenvalue weighted by atomic mass is 9.90. The molecule has 1 amide bonds. The molecule has 1 aliphatic heterocycles. The molecule has 1 aliphatic rings. The Labute approximate surface area is 108 Å². The van der Waals surface area contributed by atoms with Crippen LogP contribution >= 0.6 is 0 Å². The lowest BCUT2D eigenvalue weighted by molar-refractivity contribution is -0.117. The molecule has 0 aliphatic carbocycles. The van der Waals surface area contributed by atoms with Gasteiger partial charge in [0.15, 0.2) is 0 Å². The maximum absolute atomic E-state index is 10.6. The summed E-state index contributed by atoms with van der Waals surface area (Å²) in [4.78, 5) is 10.6. The maximum atomic E-state index is 10.6. The van der Waals surface area contributed by atoms with Gasteiger partial charge in [-0.15, -0.1) is 0 Å². The van der Waals surface area contributed by atoms with Crippen LogP contribution in [0.2, 0.25) is 0 Å². The van der Waals surface area contributed by atoms with Crippen molar-refractivity contribution in [3.05, 3.63) is 41.5 Å². The van der Waals surface area contributed by atoms with Gasteiger partial charge in [-0.2, -0.15) is 0 Å². The molecule has 1 heterocycles. The molecule has 1 saturated heterocycles. The first-order valence-corrected chi connectivity index (χ1v) is 6.51. The average Bonchev–Trinajstić information content (AvgIpc) is 2.40. The van der Waals surface area contributed by atoms with Crippen molar-refractivity contribution in [1.82, 2.24) is 5.32 Å². The van der Waals surface area contributed by atoms with Crippen LogP contribution in [0.4, 0.5) is 0 Å². The van der Waals surface area contributed by atoms with Gasteiger partial charge in [0.25, 0.3) is 0 Å². The number of carbonyl (C=O) groups excluding carboxylic acids is 1. The van der Waals surface area contributed by atoms with Crippen molar-refractivity contribution in [2.45, 2.75) is 25.2 Å². The Morgan fingerprint density at radius 2 is 1.94 bits per heavy atom. The van der Waals surface area contributed by atoms with E-state index in [1.54, 1.807) is 0 Å². The highest BCUT2D eigenvalue weighted by Crippen LogP contribution is 2.25. The van der Waals surface area contributed by atoms with Gasteiger partial charge in [-0.25, -0.2) is 0 Å². The number of primary amides is 1. The zero-order chi connectivity index (χ0) is 12.8. The van der Waals surface area contributed by atoms with Crippen molar-refractivity contribution in [3.8, 4) is 0 Å². The van der Waals surface area contributed by atoms with Crippen molar-refractivity contribution in [1.29, 1.82) is 0 Å². The number of piperidine rings is 1. The first kappa shape index (κ1) is 12.8. The molecule has 1 fully saturated rings. The SMILES string of the molecule is NC(=O)CC=Cc1ccc(C2CCNCC2)cc1. The molecule has 0 saturated carbocycles. The van der Waals surface area contributed by atoms with E-state index < -0.39 is 0 Å². The summed E-state index contributed by atoms with van der Waals surface area (Å²) in [6.07, 6.45) is 6.49. The number of hydrogen-bond donors (Lipinski definition) is 2. The van der Waals surface area contributed by atoms with E-state index in [0.29, 0.717) is 12.3 Å². The summed E-state index contributed by atoms with van der Waals surface area (Å²) in [5.41, 5.74) is 7.62. The Hall–Kier alpha value is -1.61. The molecule has 0 unspecified atom stereocenters. The van der Waals surface area contributed by atoms with Gasteiger partial charge in [0.1, 0.15) is 0 Å². The standard InChI is InChI=1S/C15H20N2O/c16-15(18)3-1-2-12-4-6-13(7-5-12)14-8-10-17-11-9-14/h1-2,4-7,14,17H,3,8-11H2,(H2,16,18). The van der Waals surface area contributed by atoms with Crippen LogP contribution in [-0.2, 0) is 4.79 Å². The van der Waals surface area contributed by atoms with Gasteiger partial charge >= 0.3 is 0 Å². The first-order valence-electron chi connectivity index (χ1n) is 6.51. The number of carbonyl (C=O) groups is 1. The summed E-state index contributed by atoms with van der Waals surface area (Å²) in [6.45, 7) is 2.23. The molecule has 0 spiro atoms. The zero-order valence-electron chi connectivity index (χ0n) is 10.6. The summed E-state index contributed by atoms with van der Waals surface area (Å²) in [5.74, 6) is 0.396. The largest absolute Gasteiger partial charge is 0.369 e. The predicted octanol–water partition coefficient (Wildman–Crippen LogP) is 2.04. The molecule has 96 valence electrons. The molecule has 0 aromatic heterocycles. The van der Waals surface area contributed by atoms with Crippen molar-refractivity contribution in [3.63, 3.8) is 0 Å². The molecule has 18 heavy (non-hydrogen) atoms. The molecule has 1 aromatic rings. The van der Waals surface area contributed by atoms with E-state index in [0.717, 1.165) is 18.7 Å². The van der Waals surface area contributed by atoms with Crippen molar-refractivity contribution < 1.29 is 4.79 Å². The summed E-state index contributed by atoms with van der Waals surface area (Å²) in [5, 5.41) is 3.38. The van der Waals surface area contributed by atoms with E-state index in [2.05, 4.69) is 29.6 Å². The summed E-state index contributed by atoms with van der Waals surface area (Å²) >= 11 is 0. The van der Waals surface area contributed by atoms with E-state index in [1.165, 1.54) is 18.4 Å². The Balaban J connectivity index is 1.96. The van der Waals surface area contributed by atoms with Gasteiger partial charge in [0.05, 0.1) is 0 Å². The third-order valence-electron chi connectivity index (χ3n) is 3.38. The lowest BCUT2D eigenvalue weighted by Gasteiger charge is -2.22. The Bertz CT molecular complexity index is 417. The van der Waals surface area contributed by atoms with E-state index in [9.17, 15) is 4.79 Å². The second-order valence-corrected chi connectivity index (χ2v) is 4.76. The van der Waals surface area contributed by atoms with Gasteiger partial charge in [-0.1, -0.05) is 36.4 Å². The van der Waals surface area contributed by atoms with Crippen LogP contribution in [-0.4, -0.2) is 19.0 Å². The van der Waals surface area contributed by atoms with E-state index in [4.69, 9.17) is 5.73 Å². The van der Waals surface area contributed by atoms with Crippen LogP contribution in [0.5, 0.6) is 0 Å². The fourth-order valence-electron chi connectivity index (χ4n) is 2.35. The summed E-state index contributed by atoms with van der Waals surface area (Å²) < 4.78 is 0. The van der Waals surface area contributed by atoms with Gasteiger partial charge in [0, 0.05) is 6.42 Å². The van der Waals surface area contributed by atoms with Crippen molar-refractivity contribution >= 4 is 12.0 Å². The molecular formula is C15H20N2O. The second-order valence-electron chi connectivity index (χ2n) is 4.76. The molecule has 3 heteroatoms. The lowest BCUT2D eigenvalue weighted by Crippen LogP contribution is -2.26. The Morgan fingerprint density at radius 1 is 1.28 bits per heavy atom. The van der Waals surface area contributed by atoms with Crippen LogP contribution in [0.1, 0.15) is 36.3 Å². The number of hydrogen-bond acceptors (Lipinski definition) is 2. The van der Waals surface area contributed by atoms with Crippen LogP contribution in [0, 0.1) is 0 Å². The quantitative estimate of drug-likeness (QED) is 0.851. The minimum absolute atomic E-state index is 0.294. The topological polar surface area (TPSA) is 55.1 Å². The minimum Gasteiger partial charge on any atom is -0.369 e. The third kappa shape index (κ3) is 3.70. The fourth-order valence-corrected chi connectivity index (χ4v) is 2.35. The Kier molecular flexibility index (Phi) is 4.53. The summed E-state index contributed by atoms with van der Waals surface area (Å²) in [7, 11) is 0. The minimum atomic E-state index is -0.294. The molecule has 0 atom stereocenters. The molecule has 3 nitrogen and oxygen atoms in total. The van der Waals surface area contributed by atoms with E-state index >= 15 is 0 Å². The highest BCUT2D eigenvalue weighted by Gasteiger charge is 2.14. The average molecular weight is 244 g/mol. The number of amides is 1. The molecular weight excluding hydrogens is 224 g/mol. The van der Waals surface area contributed by atoms with Crippen LogP contribution in [0.3, 0.4) is 0 Å². The van der Waals surface area contributed by atoms with Crippen LogP contribution < -0.4 is 11.1 Å². The predicted molar refractivity (Wildman–Crippen MR) is 74.1 cm³/mol. The number of nitrogens with two attached hydrogens (primary N) is 1. The van der Waals surface area contributed by atoms with Gasteiger partial charge in [0.2, 0.25) is 5.91 Å². The first-order chi connectivity index (χ1) is 8.75. The molecule has 0 bridgehead atoms. The summed E-state index contributed by atoms with van der Waals surface area (Å²) in [6, 6.07) is 8.60. The third-order valence-corrected chi connectivity index (χ3v) is 3.38. The van der Waals surface area contributed by atoms with Crippen LogP contribution in [0.25, 0.3) is 6.08 Å². The monoisotopic (exact) mass is 244 g/mol. The molecule has 2 rings (SSSR count). The number of rotatable bonds is 4. The highest BCUT2D eigenvalue weighted by molar-refractivity contribution is 5.76. The van der Waals surface area contributed by atoms with Crippen molar-refractivity contribution in [2.75, 3.05) is 13.1 Å². The normalized spacial score (nSPS) is 17.1. The number of benzene rings is 1. The molecule has 1 aromatic carbocycles. The number of nitrogens with one attached hydrogen (secondary N) is 1. The second kappa shape index (κ2) is 6.36. The fraction of sp³-hybridized carbons (Fsp3) is 0.400. The maximum Gasteiger partial charge on any atom is 0.221 e. The van der Waals surface area contributed by atoms with Gasteiger partial charge < -0.3 is 11.1 Å². The molecule has 3 N–H and O–H groups in total. The molecule has 0 radical (unpaired) electrons. The van der Waals surface area contributed by atoms with E-state index in [-0.39, 0.29) is 5.91 Å². The Morgan fingerprint density at radius 3 is 2.56 bits per heavy atom. The smallest absolute Gasteiger partial charge is 0.221 e. The van der Waals surface area contributed by atoms with Gasteiger partial charge in [-0.05, 0) is 43.0 Å². The van der Waals surface area contributed by atoms with E-state index in [1.807, 2.05) is 12.2 Å². The van der Waals surface area contributed by atoms with Crippen molar-refractivity contribution in [2.24, 2.45) is 5.73 Å². The van der Waals surface area contributed by atoms with Crippen LogP contribution in [0.15, 0.2) is 30.3 Å². The highest BCUT2D eigenvalue weighted by atomic mass is 16.1. The zero-order valence-corrected chi connectivity index (χ0v) is 10.6.